The van der Waals surface area contributed by atoms with Crippen molar-refractivity contribution in [2.24, 2.45) is 10.2 Å². The first kappa shape index (κ1) is 12.7. The number of rotatable bonds is 2. The molecule has 1 atom stereocenters. The lowest BCUT2D eigenvalue weighted by molar-refractivity contribution is 0.592. The molecule has 0 fully saturated rings. The second kappa shape index (κ2) is 4.50. The third-order valence-corrected chi connectivity index (χ3v) is 4.77. The molecule has 7 nitrogen and oxygen atoms in total. The van der Waals surface area contributed by atoms with E-state index in [-0.39, 0.29) is 15.1 Å². The molecule has 1 unspecified atom stereocenters. The Bertz CT molecular complexity index is 662. The predicted octanol–water partition coefficient (Wildman–Crippen LogP) is -0.00120. The normalized spacial score (nSPS) is 19.3. The Morgan fingerprint density at radius 2 is 1.83 bits per heavy atom. The lowest BCUT2D eigenvalue weighted by Gasteiger charge is -2.06. The van der Waals surface area contributed by atoms with Gasteiger partial charge in [0.1, 0.15) is 15.8 Å². The molecular formula is C9H10N4O3S2. The van der Waals surface area contributed by atoms with Crippen molar-refractivity contribution in [2.45, 2.75) is 11.8 Å². The first-order chi connectivity index (χ1) is 8.40. The Morgan fingerprint density at radius 1 is 1.22 bits per heavy atom. The number of amidine groups is 1. The molecule has 1 aromatic rings. The number of anilines is 1. The zero-order chi connectivity index (χ0) is 13.3. The van der Waals surface area contributed by atoms with Crippen LogP contribution in [-0.2, 0) is 20.8 Å². The molecule has 1 aliphatic rings. The van der Waals surface area contributed by atoms with E-state index in [1.54, 1.807) is 0 Å². The van der Waals surface area contributed by atoms with Crippen LogP contribution in [0, 0.1) is 0 Å². The van der Waals surface area contributed by atoms with Crippen molar-refractivity contribution >= 4 is 36.7 Å². The van der Waals surface area contributed by atoms with E-state index >= 15 is 0 Å². The number of sulfonamides is 1. The molecule has 0 radical (unpaired) electrons. The van der Waals surface area contributed by atoms with E-state index < -0.39 is 20.8 Å². The summed E-state index contributed by atoms with van der Waals surface area (Å²) in [6.07, 6.45) is 0. The van der Waals surface area contributed by atoms with Gasteiger partial charge in [-0.2, -0.15) is 0 Å². The fourth-order valence-electron chi connectivity index (χ4n) is 1.21. The van der Waals surface area contributed by atoms with Gasteiger partial charge in [0.15, 0.2) is 0 Å². The first-order valence-corrected chi connectivity index (χ1v) is 7.46. The average Bonchev–Trinajstić information content (AvgIpc) is 2.61. The second-order valence-corrected chi connectivity index (χ2v) is 6.66. The molecule has 1 heterocycles. The van der Waals surface area contributed by atoms with Crippen LogP contribution in [0.4, 0.5) is 5.69 Å². The van der Waals surface area contributed by atoms with Crippen LogP contribution < -0.4 is 10.5 Å². The molecule has 0 bridgehead atoms. The highest BCUT2D eigenvalue weighted by Crippen LogP contribution is 2.12. The molecule has 2 rings (SSSR count). The van der Waals surface area contributed by atoms with Gasteiger partial charge in [0.2, 0.25) is 5.17 Å². The number of nitrogens with two attached hydrogens (primary N) is 1. The van der Waals surface area contributed by atoms with E-state index in [1.165, 1.54) is 31.2 Å². The minimum Gasteiger partial charge on any atom is -0.399 e. The molecule has 96 valence electrons. The van der Waals surface area contributed by atoms with Crippen molar-refractivity contribution in [1.29, 1.82) is 0 Å². The quantitative estimate of drug-likeness (QED) is 0.745. The molecule has 0 saturated carbocycles. The highest BCUT2D eigenvalue weighted by molar-refractivity contribution is 8.15. The van der Waals surface area contributed by atoms with Crippen molar-refractivity contribution in [1.82, 2.24) is 4.72 Å². The largest absolute Gasteiger partial charge is 0.399 e. The molecule has 3 N–H and O–H groups in total. The summed E-state index contributed by atoms with van der Waals surface area (Å²) in [6.45, 7) is 1.50. The average molecular weight is 286 g/mol. The number of nitrogen functional groups attached to an aromatic ring is 1. The fourth-order valence-corrected chi connectivity index (χ4v) is 3.23. The summed E-state index contributed by atoms with van der Waals surface area (Å²) in [6, 6.07) is 5.63. The fraction of sp³-hybridized carbons (Fsp3) is 0.111. The van der Waals surface area contributed by atoms with E-state index in [4.69, 9.17) is 5.73 Å². The van der Waals surface area contributed by atoms with Gasteiger partial charge in [-0.3, -0.25) is 4.72 Å². The predicted molar refractivity (Wildman–Crippen MR) is 69.9 cm³/mol. The van der Waals surface area contributed by atoms with Crippen LogP contribution in [0.5, 0.6) is 0 Å². The molecule has 0 aliphatic carbocycles. The Kier molecular flexibility index (Phi) is 3.18. The maximum absolute atomic E-state index is 11.9. The van der Waals surface area contributed by atoms with Gasteiger partial charge < -0.3 is 5.73 Å². The van der Waals surface area contributed by atoms with Gasteiger partial charge in [-0.1, -0.05) is 0 Å². The van der Waals surface area contributed by atoms with Crippen LogP contribution in [0.3, 0.4) is 0 Å². The molecule has 1 aromatic carbocycles. The van der Waals surface area contributed by atoms with E-state index in [9.17, 15) is 12.6 Å². The van der Waals surface area contributed by atoms with E-state index in [0.717, 1.165) is 0 Å². The highest BCUT2D eigenvalue weighted by Gasteiger charge is 2.24. The Hall–Kier alpha value is -1.74. The smallest absolute Gasteiger partial charge is 0.263 e. The molecule has 1 aliphatic heterocycles. The Labute approximate surface area is 106 Å². The molecule has 9 heteroatoms. The molecule has 0 amide bonds. The van der Waals surface area contributed by atoms with Gasteiger partial charge in [0.05, 0.1) is 4.90 Å². The monoisotopic (exact) mass is 286 g/mol. The maximum Gasteiger partial charge on any atom is 0.263 e. The van der Waals surface area contributed by atoms with Gasteiger partial charge >= 0.3 is 0 Å². The Morgan fingerprint density at radius 3 is 2.33 bits per heavy atom. The summed E-state index contributed by atoms with van der Waals surface area (Å²) < 4.78 is 37.6. The van der Waals surface area contributed by atoms with Gasteiger partial charge in [-0.25, -0.2) is 12.6 Å². The first-order valence-electron chi connectivity index (χ1n) is 4.82. The van der Waals surface area contributed by atoms with Crippen molar-refractivity contribution in [2.75, 3.05) is 5.73 Å². The van der Waals surface area contributed by atoms with Crippen LogP contribution in [-0.4, -0.2) is 22.8 Å². The summed E-state index contributed by atoms with van der Waals surface area (Å²) >= 11 is 0. The van der Waals surface area contributed by atoms with Gasteiger partial charge in [-0.05, 0) is 31.2 Å². The van der Waals surface area contributed by atoms with Crippen molar-refractivity contribution < 1.29 is 12.6 Å². The zero-order valence-electron chi connectivity index (χ0n) is 9.32. The maximum atomic E-state index is 11.9. The van der Waals surface area contributed by atoms with Crippen LogP contribution in [0.2, 0.25) is 0 Å². The molecule has 0 aromatic heterocycles. The van der Waals surface area contributed by atoms with Gasteiger partial charge in [0.25, 0.3) is 10.0 Å². The number of hydrogen-bond acceptors (Lipinski definition) is 6. The van der Waals surface area contributed by atoms with E-state index in [0.29, 0.717) is 5.69 Å². The number of hydrogen-bond donors (Lipinski definition) is 2. The minimum atomic E-state index is -3.82. The van der Waals surface area contributed by atoms with Crippen LogP contribution in [0.25, 0.3) is 0 Å². The summed E-state index contributed by atoms with van der Waals surface area (Å²) in [4.78, 5) is 0.0148. The van der Waals surface area contributed by atoms with Crippen LogP contribution in [0.1, 0.15) is 6.92 Å². The van der Waals surface area contributed by atoms with E-state index in [2.05, 4.69) is 14.9 Å². The van der Waals surface area contributed by atoms with Crippen LogP contribution in [0.15, 0.2) is 39.4 Å². The second-order valence-electron chi connectivity index (χ2n) is 3.47. The standard InChI is InChI=1S/C9H10N4O3S2/c1-6-11-12-9(17(6)14)13-18(15,16)8-4-2-7(10)3-5-8/h2-5H,10H2,1H3,(H,12,13). The molecule has 18 heavy (non-hydrogen) atoms. The van der Waals surface area contributed by atoms with E-state index in [1.807, 2.05) is 0 Å². The third kappa shape index (κ3) is 2.41. The summed E-state index contributed by atoms with van der Waals surface area (Å²) in [5, 5.41) is 7.13. The highest BCUT2D eigenvalue weighted by atomic mass is 32.2. The zero-order valence-corrected chi connectivity index (χ0v) is 11.0. The molecule has 0 spiro atoms. The summed E-state index contributed by atoms with van der Waals surface area (Å²) in [7, 11) is -5.46. The SMILES string of the molecule is CC1=NN=C(NS(=O)(=O)c2ccc(N)cc2)S1=O. The van der Waals surface area contributed by atoms with Crippen molar-refractivity contribution in [3.8, 4) is 0 Å². The number of nitrogens with zero attached hydrogens (tertiary/aromatic N) is 2. The van der Waals surface area contributed by atoms with Crippen molar-refractivity contribution in [3.63, 3.8) is 0 Å². The summed E-state index contributed by atoms with van der Waals surface area (Å²) in [5.41, 5.74) is 5.92. The summed E-state index contributed by atoms with van der Waals surface area (Å²) in [5.74, 6) is 0. The van der Waals surface area contributed by atoms with Crippen molar-refractivity contribution in [3.05, 3.63) is 24.3 Å². The third-order valence-electron chi connectivity index (χ3n) is 2.14. The topological polar surface area (TPSA) is 114 Å². The lowest BCUT2D eigenvalue weighted by atomic mass is 10.3. The number of benzene rings is 1. The number of nitrogens with one attached hydrogen (secondary N) is 1. The lowest BCUT2D eigenvalue weighted by Crippen LogP contribution is -2.33. The van der Waals surface area contributed by atoms with Crippen LogP contribution >= 0.6 is 0 Å². The Balaban J connectivity index is 2.24. The minimum absolute atomic E-state index is 0.0148. The van der Waals surface area contributed by atoms with Gasteiger partial charge in [-0.15, -0.1) is 10.2 Å². The van der Waals surface area contributed by atoms with Gasteiger partial charge in [0, 0.05) is 5.69 Å². The molecular weight excluding hydrogens is 276 g/mol. The molecule has 0 saturated heterocycles.